The van der Waals surface area contributed by atoms with E-state index in [9.17, 15) is 0 Å². The molecule has 123 heavy (non-hydrogen) atoms. The minimum atomic E-state index is -1.05. The van der Waals surface area contributed by atoms with Gasteiger partial charge in [-0.1, -0.05) is 58.9 Å². The van der Waals surface area contributed by atoms with Gasteiger partial charge in [-0.05, 0) is 234 Å². The number of allylic oxidation sites excluding steroid dienone is 3. The molecule has 0 amide bonds. The molecule has 0 aliphatic carbocycles. The van der Waals surface area contributed by atoms with Crippen LogP contribution < -0.4 is 0 Å². The minimum absolute atomic E-state index is 0.506. The number of hydrogen-bond acceptors (Lipinski definition) is 4. The fraction of sp³-hybridized carbons (Fsp3) is 0.292. The summed E-state index contributed by atoms with van der Waals surface area (Å²) < 4.78 is 23.8. The number of benzene rings is 10. The van der Waals surface area contributed by atoms with Crippen LogP contribution in [0.4, 0.5) is 0 Å². The first kappa shape index (κ1) is 95.8. The molecule has 20 rings (SSSR count). The third-order valence-corrected chi connectivity index (χ3v) is 42.7. The van der Waals surface area contributed by atoms with E-state index >= 15 is 0 Å². The van der Waals surface area contributed by atoms with Crippen molar-refractivity contribution in [3.63, 3.8) is 0 Å². The van der Waals surface area contributed by atoms with Crippen molar-refractivity contribution in [2.45, 2.75) is 221 Å². The van der Waals surface area contributed by atoms with Gasteiger partial charge in [-0.3, -0.25) is 0 Å². The third kappa shape index (κ3) is 22.4. The van der Waals surface area contributed by atoms with Gasteiger partial charge in [0.05, 0.1) is 14.3 Å². The molecule has 19 aromatic rings. The molecule has 0 N–H and O–H groups in total. The number of fused-ring (bicyclic) bond motifs is 15. The molecule has 0 unspecified atom stereocenters. The maximum atomic E-state index is 5.09. The fourth-order valence-electron chi connectivity index (χ4n) is 15.3. The van der Waals surface area contributed by atoms with Crippen molar-refractivity contribution >= 4 is 198 Å². The van der Waals surface area contributed by atoms with E-state index in [0.717, 1.165) is 5.76 Å². The quantitative estimate of drug-likeness (QED) is 0.138. The number of rotatable bonds is 0. The summed E-state index contributed by atoms with van der Waals surface area (Å²) in [6.45, 7) is 70.1. The molecule has 10 aromatic carbocycles. The van der Waals surface area contributed by atoms with E-state index in [-0.39, 0.29) is 0 Å². The Kier molecular flexibility index (Phi) is 31.8. The Bertz CT molecular complexity index is 6710. The third-order valence-electron chi connectivity index (χ3n) is 25.7. The van der Waals surface area contributed by atoms with Gasteiger partial charge in [0.1, 0.15) is 5.76 Å². The second kappa shape index (κ2) is 40.9. The van der Waals surface area contributed by atoms with Gasteiger partial charge in [-0.25, -0.2) is 0 Å². The zero-order valence-electron chi connectivity index (χ0n) is 79.5. The van der Waals surface area contributed by atoms with Gasteiger partial charge in [0.15, 0.2) is 0 Å². The van der Waals surface area contributed by atoms with Crippen molar-refractivity contribution in [2.75, 3.05) is 0 Å². The fourth-order valence-corrected chi connectivity index (χ4v) is 31.0. The van der Waals surface area contributed by atoms with Crippen LogP contribution >= 0.6 is 34.0 Å². The average molecular weight is 1960 g/mol. The zero-order valence-corrected chi connectivity index (χ0v) is 89.8. The SMILES string of the molecule is CC1=C[Si](C)(C)C(C)=C1C.Cc1c[se]c(C)c1C.Cc1ccc2[se]c3cc(C)c(C)cc3c2c1.Cc1ccc2c([se]c3c(C)cccc32)c1C.Cc1ccc2c(c1)[se]c1cc(C)c(C)cc12.Cc1ccc2c(c1)sc1cc(C)c(C)cc12.Cc1ccc2sc3cc(C)c(C)cc3c2c1.Cc1cn(C)c(C)c1C.Cc1coc(C)c1C.Cc1csc(C)c1C. The van der Waals surface area contributed by atoms with Gasteiger partial charge in [0.2, 0.25) is 0 Å². The second-order valence-corrected chi connectivity index (χ2v) is 52.0. The molecule has 10 heteroatoms. The second-order valence-electron chi connectivity index (χ2n) is 35.3. The van der Waals surface area contributed by atoms with Gasteiger partial charge in [-0.15, -0.1) is 34.0 Å². The molecule has 0 fully saturated rings. The van der Waals surface area contributed by atoms with E-state index in [0.29, 0.717) is 58.0 Å². The number of aryl methyl sites for hydroxylation is 23. The average Bonchev–Trinajstić information content (AvgIpc) is 1.63. The van der Waals surface area contributed by atoms with Crippen LogP contribution in [0.3, 0.4) is 0 Å². The smallest absolute Gasteiger partial charge is 0.103 e. The Hall–Kier alpha value is -7.85. The number of nitrogens with zero attached hydrogens (tertiary/aromatic N) is 1. The van der Waals surface area contributed by atoms with Crippen molar-refractivity contribution in [2.24, 2.45) is 7.05 Å². The summed E-state index contributed by atoms with van der Waals surface area (Å²) in [6.07, 6.45) is 3.94. The van der Waals surface area contributed by atoms with Gasteiger partial charge in [0, 0.05) is 64.2 Å². The van der Waals surface area contributed by atoms with Gasteiger partial charge < -0.3 is 8.98 Å². The minimum Gasteiger partial charge on any atom is -0.469 e. The standard InChI is InChI=1S/2C15H14S.3C15H14Se.C9H16Si.C8H13N.C7H10O.C7H10S.C7H10Se/c1-9-4-5-14-12(6-9)13-7-10(2)11(3)8-15(13)16-14;1-9-4-5-12-13-7-10(2)11(3)8-15(13)16-14(12)6-9;1-9-4-5-14-12(6-9)13-7-10(2)11(3)8-15(13)16-14;1-9-4-5-12-13-7-10(2)11(3)8-15(13)16-14(12)6-9;1-9-7-8-13-12-6-4-5-10(2)14(12)16-15(13)11(9)3;1-7-6-10(4,5)9(3)8(7)2;1-6-5-9(4)8(3)7(6)2;3*1-5-4-8-7(3)6(5)2/h5*4-8H,1-3H3;6H,1-5H3;5H,1-4H3;3*4H,1-3H3. The molecule has 2 nitrogen and oxygen atoms in total. The molecular weight excluding hydrogens is 1830 g/mol. The summed E-state index contributed by atoms with van der Waals surface area (Å²) in [5.74, 6) is 1.03. The van der Waals surface area contributed by atoms with Crippen LogP contribution in [-0.2, 0) is 7.05 Å². The largest absolute Gasteiger partial charge is 0.469 e. The number of hydrogen-bond donors (Lipinski definition) is 0. The predicted molar refractivity (Wildman–Crippen MR) is 563 cm³/mol. The van der Waals surface area contributed by atoms with Gasteiger partial charge in [-0.2, -0.15) is 0 Å². The van der Waals surface area contributed by atoms with Crippen LogP contribution in [0.15, 0.2) is 201 Å². The van der Waals surface area contributed by atoms with Gasteiger partial charge in [0.25, 0.3) is 0 Å². The Morgan fingerprint density at radius 1 is 0.325 bits per heavy atom. The van der Waals surface area contributed by atoms with Gasteiger partial charge >= 0.3 is 361 Å². The van der Waals surface area contributed by atoms with Crippen molar-refractivity contribution in [1.82, 2.24) is 4.57 Å². The zero-order chi connectivity index (χ0) is 89.8. The Morgan fingerprint density at radius 2 is 0.797 bits per heavy atom. The molecule has 0 saturated heterocycles. The number of furan rings is 1. The molecule has 1 aliphatic rings. The number of aromatic nitrogens is 1. The van der Waals surface area contributed by atoms with Crippen molar-refractivity contribution in [3.8, 4) is 0 Å². The van der Waals surface area contributed by atoms with Crippen LogP contribution in [0.5, 0.6) is 0 Å². The Labute approximate surface area is 772 Å². The maximum absolute atomic E-state index is 5.09. The Morgan fingerprint density at radius 3 is 1.26 bits per heavy atom. The summed E-state index contributed by atoms with van der Waals surface area (Å²) in [5, 5.41) is 18.3. The van der Waals surface area contributed by atoms with E-state index in [1.54, 1.807) is 37.2 Å². The van der Waals surface area contributed by atoms with Crippen LogP contribution in [-0.4, -0.2) is 70.7 Å². The molecule has 0 atom stereocenters. The number of thiophene rings is 3. The van der Waals surface area contributed by atoms with Crippen LogP contribution in [0.1, 0.15) is 169 Å². The predicted octanol–water partition coefficient (Wildman–Crippen LogP) is 33.5. The molecular formula is C113H129NOS3Se4Si. The summed E-state index contributed by atoms with van der Waals surface area (Å²) >= 11 is 7.84. The summed E-state index contributed by atoms with van der Waals surface area (Å²) in [4.78, 5) is 3.79. The molecule has 0 bridgehead atoms. The van der Waals surface area contributed by atoms with E-state index in [4.69, 9.17) is 4.42 Å². The van der Waals surface area contributed by atoms with Crippen molar-refractivity contribution in [1.29, 1.82) is 0 Å². The van der Waals surface area contributed by atoms with Crippen LogP contribution in [0, 0.1) is 187 Å². The van der Waals surface area contributed by atoms with E-state index in [1.807, 2.05) is 47.9 Å². The summed E-state index contributed by atoms with van der Waals surface area (Å²) in [6, 6.07) is 57.1. The first-order valence-corrected chi connectivity index (χ1v) is 55.6. The first-order valence-electron chi connectivity index (χ1n) is 43.0. The first-order chi connectivity index (χ1) is 58.0. The summed E-state index contributed by atoms with van der Waals surface area (Å²) in [7, 11) is 1.03. The van der Waals surface area contributed by atoms with E-state index in [2.05, 4.69) is 392 Å². The van der Waals surface area contributed by atoms with E-state index in [1.165, 1.54) is 227 Å². The molecule has 10 heterocycles. The molecule has 0 radical (unpaired) electrons. The van der Waals surface area contributed by atoms with Crippen LogP contribution in [0.2, 0.25) is 13.1 Å². The topological polar surface area (TPSA) is 18.1 Å². The molecule has 638 valence electrons. The van der Waals surface area contributed by atoms with Crippen molar-refractivity contribution < 1.29 is 4.42 Å². The van der Waals surface area contributed by atoms with E-state index < -0.39 is 8.07 Å². The summed E-state index contributed by atoms with van der Waals surface area (Å²) in [5.41, 5.74) is 39.1. The molecule has 1 aliphatic heterocycles. The normalized spacial score (nSPS) is 12.0. The maximum Gasteiger partial charge on any atom is 0.103 e. The molecule has 0 spiro atoms. The molecule has 0 saturated carbocycles. The van der Waals surface area contributed by atoms with Crippen LogP contribution in [0.25, 0.3) is 98.2 Å². The Balaban J connectivity index is 0.000000135. The molecule has 9 aromatic heterocycles. The monoisotopic (exact) mass is 1960 g/mol. The van der Waals surface area contributed by atoms with Crippen molar-refractivity contribution in [3.05, 3.63) is 345 Å².